The highest BCUT2D eigenvalue weighted by atomic mass is 16.6. The van der Waals surface area contributed by atoms with Gasteiger partial charge in [0.05, 0.1) is 13.0 Å². The summed E-state index contributed by atoms with van der Waals surface area (Å²) >= 11 is 0. The number of esters is 1. The van der Waals surface area contributed by atoms with Gasteiger partial charge < -0.3 is 25.0 Å². The smallest absolute Gasteiger partial charge is 0.407 e. The highest BCUT2D eigenvalue weighted by molar-refractivity contribution is 5.69. The quantitative estimate of drug-likeness (QED) is 0.0985. The van der Waals surface area contributed by atoms with Crippen molar-refractivity contribution in [3.05, 3.63) is 11.6 Å². The monoisotopic (exact) mass is 577 g/mol. The van der Waals surface area contributed by atoms with E-state index in [1.54, 1.807) is 0 Å². The largest absolute Gasteiger partial charge is 0.464 e. The van der Waals surface area contributed by atoms with Crippen LogP contribution in [0.1, 0.15) is 125 Å². The van der Waals surface area contributed by atoms with Gasteiger partial charge >= 0.3 is 12.1 Å². The summed E-state index contributed by atoms with van der Waals surface area (Å²) in [7, 11) is 0. The maximum Gasteiger partial charge on any atom is 0.407 e. The van der Waals surface area contributed by atoms with Crippen LogP contribution >= 0.6 is 0 Å². The molecule has 7 heteroatoms. The minimum atomic E-state index is -1.52. The van der Waals surface area contributed by atoms with E-state index in [2.05, 4.69) is 39.1 Å². The molecule has 0 heterocycles. The molecular weight excluding hydrogens is 518 g/mol. The second-order valence-electron chi connectivity index (χ2n) is 14.2. The molecule has 3 fully saturated rings. The molecule has 0 aromatic heterocycles. The SMILES string of the molecule is C.CC(C)CCCCC1CCC2C3CC=C4CC(OC(=O)NCCOC(=O)CCC(O)O)CCC4(C)C3CCC12C. The van der Waals surface area contributed by atoms with E-state index in [1.807, 2.05) is 0 Å². The van der Waals surface area contributed by atoms with E-state index in [0.29, 0.717) is 5.41 Å². The van der Waals surface area contributed by atoms with Gasteiger partial charge in [0.25, 0.3) is 0 Å². The van der Waals surface area contributed by atoms with E-state index < -0.39 is 18.4 Å². The van der Waals surface area contributed by atoms with Crippen LogP contribution in [0.5, 0.6) is 0 Å². The zero-order chi connectivity index (χ0) is 28.9. The van der Waals surface area contributed by atoms with Crippen molar-refractivity contribution in [2.75, 3.05) is 13.2 Å². The van der Waals surface area contributed by atoms with Gasteiger partial charge in [-0.25, -0.2) is 4.79 Å². The number of carbonyl (C=O) groups is 2. The van der Waals surface area contributed by atoms with Crippen LogP contribution < -0.4 is 5.32 Å². The van der Waals surface area contributed by atoms with Crippen LogP contribution in [-0.2, 0) is 14.3 Å². The van der Waals surface area contributed by atoms with Crippen LogP contribution in [0.3, 0.4) is 0 Å². The van der Waals surface area contributed by atoms with Gasteiger partial charge in [-0.2, -0.15) is 0 Å². The van der Waals surface area contributed by atoms with Gasteiger partial charge in [0.15, 0.2) is 6.29 Å². The van der Waals surface area contributed by atoms with E-state index in [1.165, 1.54) is 63.4 Å². The van der Waals surface area contributed by atoms with Gasteiger partial charge in [0.1, 0.15) is 12.7 Å². The Morgan fingerprint density at radius 3 is 2.56 bits per heavy atom. The molecule has 3 saturated carbocycles. The first-order chi connectivity index (χ1) is 19.0. The number of fused-ring (bicyclic) bond motifs is 5. The van der Waals surface area contributed by atoms with Crippen molar-refractivity contribution in [1.82, 2.24) is 5.32 Å². The standard InChI is InChI=1S/C33H55NO6.CH4/c1-22(2)7-5-6-8-23-10-12-27-26-11-9-24-21-25(15-17-33(24,4)28(26)16-18-32(23,27)3)40-31(38)34-19-20-39-30(37)14-13-29(35)36;/h9,22-23,25-29,35-36H,5-8,10-21H2,1-4H3,(H,34,38);1H4. The lowest BCUT2D eigenvalue weighted by atomic mass is 9.47. The van der Waals surface area contributed by atoms with Crippen molar-refractivity contribution in [1.29, 1.82) is 0 Å². The van der Waals surface area contributed by atoms with E-state index in [-0.39, 0.29) is 44.9 Å². The maximum atomic E-state index is 12.4. The fourth-order valence-corrected chi connectivity index (χ4v) is 9.08. The fraction of sp³-hybridized carbons (Fsp3) is 0.882. The third-order valence-corrected chi connectivity index (χ3v) is 11.4. The number of amides is 1. The zero-order valence-electron chi connectivity index (χ0n) is 25.5. The molecule has 4 aliphatic rings. The highest BCUT2D eigenvalue weighted by Gasteiger charge is 2.58. The Kier molecular flexibility index (Phi) is 12.2. The number of aliphatic hydroxyl groups is 2. The van der Waals surface area contributed by atoms with Crippen molar-refractivity contribution >= 4 is 12.1 Å². The molecule has 3 N–H and O–H groups in total. The summed E-state index contributed by atoms with van der Waals surface area (Å²) in [5, 5.41) is 20.3. The molecule has 0 aromatic rings. The van der Waals surface area contributed by atoms with Crippen molar-refractivity contribution in [3.8, 4) is 0 Å². The first kappa shape index (κ1) is 33.9. The number of ether oxygens (including phenoxy) is 2. The lowest BCUT2D eigenvalue weighted by Gasteiger charge is -2.58. The van der Waals surface area contributed by atoms with Crippen LogP contribution in [0.4, 0.5) is 4.79 Å². The van der Waals surface area contributed by atoms with Crippen molar-refractivity contribution in [2.45, 2.75) is 137 Å². The van der Waals surface area contributed by atoms with E-state index in [4.69, 9.17) is 19.7 Å². The number of hydrogen-bond acceptors (Lipinski definition) is 6. The highest BCUT2D eigenvalue weighted by Crippen LogP contribution is 2.66. The number of aliphatic hydroxyl groups excluding tert-OH is 1. The Hall–Kier alpha value is -1.60. The molecule has 0 saturated heterocycles. The Morgan fingerprint density at radius 1 is 1.05 bits per heavy atom. The Morgan fingerprint density at radius 2 is 1.83 bits per heavy atom. The van der Waals surface area contributed by atoms with Crippen LogP contribution in [0.2, 0.25) is 0 Å². The predicted molar refractivity (Wildman–Crippen MR) is 162 cm³/mol. The molecule has 0 aromatic carbocycles. The number of rotatable bonds is 12. The lowest BCUT2D eigenvalue weighted by Crippen LogP contribution is -2.50. The first-order valence-electron chi connectivity index (χ1n) is 16.2. The average molecular weight is 578 g/mol. The summed E-state index contributed by atoms with van der Waals surface area (Å²) < 4.78 is 10.8. The van der Waals surface area contributed by atoms with E-state index in [9.17, 15) is 9.59 Å². The molecule has 1 amide bonds. The molecule has 236 valence electrons. The first-order valence-corrected chi connectivity index (χ1v) is 16.2. The normalized spacial score (nSPS) is 34.1. The molecule has 7 atom stereocenters. The van der Waals surface area contributed by atoms with E-state index >= 15 is 0 Å². The van der Waals surface area contributed by atoms with Crippen molar-refractivity contribution < 1.29 is 29.3 Å². The van der Waals surface area contributed by atoms with Gasteiger partial charge in [-0.05, 0) is 91.8 Å². The van der Waals surface area contributed by atoms with Crippen LogP contribution in [0.25, 0.3) is 0 Å². The third kappa shape index (κ3) is 8.07. The molecular formula is C34H59NO6. The van der Waals surface area contributed by atoms with Gasteiger partial charge in [-0.1, -0.05) is 66.0 Å². The molecule has 0 aliphatic heterocycles. The number of carbonyl (C=O) groups excluding carboxylic acids is 2. The zero-order valence-corrected chi connectivity index (χ0v) is 25.5. The molecule has 7 nitrogen and oxygen atoms in total. The Balaban J connectivity index is 0.00000462. The van der Waals surface area contributed by atoms with E-state index in [0.717, 1.165) is 48.9 Å². The summed E-state index contributed by atoms with van der Waals surface area (Å²) in [4.78, 5) is 23.9. The van der Waals surface area contributed by atoms with Gasteiger partial charge in [0, 0.05) is 12.8 Å². The second-order valence-corrected chi connectivity index (χ2v) is 14.2. The molecule has 0 bridgehead atoms. The van der Waals surface area contributed by atoms with Crippen molar-refractivity contribution in [3.63, 3.8) is 0 Å². The Labute approximate surface area is 249 Å². The van der Waals surface area contributed by atoms with Gasteiger partial charge in [0.2, 0.25) is 0 Å². The lowest BCUT2D eigenvalue weighted by molar-refractivity contribution is -0.146. The number of alkyl carbamates (subject to hydrolysis) is 1. The van der Waals surface area contributed by atoms with Gasteiger partial charge in [-0.15, -0.1) is 0 Å². The number of unbranched alkanes of at least 4 members (excludes halogenated alkanes) is 1. The summed E-state index contributed by atoms with van der Waals surface area (Å²) in [6.07, 6.45) is 15.4. The minimum absolute atomic E-state index is 0. The number of allylic oxidation sites excluding steroid dienone is 1. The summed E-state index contributed by atoms with van der Waals surface area (Å²) in [5.41, 5.74) is 2.25. The fourth-order valence-electron chi connectivity index (χ4n) is 9.08. The summed E-state index contributed by atoms with van der Waals surface area (Å²) in [5.74, 6) is 3.62. The van der Waals surface area contributed by atoms with Crippen LogP contribution in [-0.4, -0.2) is 47.8 Å². The average Bonchev–Trinajstić information content (AvgIpc) is 3.24. The van der Waals surface area contributed by atoms with Crippen LogP contribution in [0.15, 0.2) is 11.6 Å². The Bertz CT molecular complexity index is 902. The van der Waals surface area contributed by atoms with Crippen molar-refractivity contribution in [2.24, 2.45) is 40.4 Å². The summed E-state index contributed by atoms with van der Waals surface area (Å²) in [6.45, 7) is 10.0. The molecule has 7 unspecified atom stereocenters. The molecule has 41 heavy (non-hydrogen) atoms. The second kappa shape index (κ2) is 14.7. The van der Waals surface area contributed by atoms with Crippen LogP contribution in [0, 0.1) is 40.4 Å². The third-order valence-electron chi connectivity index (χ3n) is 11.4. The number of hydrogen-bond donors (Lipinski definition) is 3. The molecule has 0 spiro atoms. The number of nitrogens with one attached hydrogen (secondary N) is 1. The molecule has 0 radical (unpaired) electrons. The summed E-state index contributed by atoms with van der Waals surface area (Å²) in [6, 6.07) is 0. The maximum absolute atomic E-state index is 12.4. The minimum Gasteiger partial charge on any atom is -0.464 e. The predicted octanol–water partition coefficient (Wildman–Crippen LogP) is 7.15. The molecule has 4 rings (SSSR count). The topological polar surface area (TPSA) is 105 Å². The van der Waals surface area contributed by atoms with Gasteiger partial charge in [-0.3, -0.25) is 4.79 Å². The molecule has 4 aliphatic carbocycles.